The van der Waals surface area contributed by atoms with Crippen LogP contribution < -0.4 is 11.1 Å². The number of aromatic nitrogens is 1. The van der Waals surface area contributed by atoms with E-state index >= 15 is 0 Å². The van der Waals surface area contributed by atoms with Crippen LogP contribution in [0.3, 0.4) is 0 Å². The maximum Gasteiger partial charge on any atom is 0.231 e. The number of hydrogen-bond acceptors (Lipinski definition) is 3. The van der Waals surface area contributed by atoms with Gasteiger partial charge in [-0.1, -0.05) is 31.2 Å². The number of carbonyl (C=O) groups excluding carboxylic acids is 1. The first-order valence-corrected chi connectivity index (χ1v) is 8.79. The Morgan fingerprint density at radius 1 is 1.31 bits per heavy atom. The predicted molar refractivity (Wildman–Crippen MR) is 103 cm³/mol. The van der Waals surface area contributed by atoms with Crippen LogP contribution in [0.5, 0.6) is 0 Å². The fourth-order valence-electron chi connectivity index (χ4n) is 3.27. The number of nitrogen functional groups attached to an aromatic ring is 1. The van der Waals surface area contributed by atoms with Gasteiger partial charge in [-0.2, -0.15) is 0 Å². The van der Waals surface area contributed by atoms with Crippen LogP contribution in [0.1, 0.15) is 18.9 Å². The van der Waals surface area contributed by atoms with Gasteiger partial charge in [-0.15, -0.1) is 0 Å². The zero-order valence-electron chi connectivity index (χ0n) is 14.5. The first-order valence-electron chi connectivity index (χ1n) is 8.79. The van der Waals surface area contributed by atoms with Crippen molar-refractivity contribution in [3.8, 4) is 11.1 Å². The lowest BCUT2D eigenvalue weighted by Crippen LogP contribution is -2.15. The van der Waals surface area contributed by atoms with Gasteiger partial charge in [0.2, 0.25) is 5.91 Å². The first-order chi connectivity index (χ1) is 12.6. The van der Waals surface area contributed by atoms with Gasteiger partial charge in [0.25, 0.3) is 0 Å². The number of pyridine rings is 1. The topological polar surface area (TPSA) is 68.0 Å². The molecule has 1 aliphatic carbocycles. The summed E-state index contributed by atoms with van der Waals surface area (Å²) in [5, 5.41) is 4.42. The molecule has 1 amide bonds. The molecular weight excluding hydrogens is 329 g/mol. The number of benzene rings is 2. The number of amides is 1. The summed E-state index contributed by atoms with van der Waals surface area (Å²) in [5.41, 5.74) is 10.3. The van der Waals surface area contributed by atoms with E-state index in [1.807, 2.05) is 24.3 Å². The van der Waals surface area contributed by atoms with Gasteiger partial charge < -0.3 is 11.1 Å². The van der Waals surface area contributed by atoms with Gasteiger partial charge in [-0.05, 0) is 53.1 Å². The minimum atomic E-state index is -1.02. The minimum Gasteiger partial charge on any atom is -0.398 e. The van der Waals surface area contributed by atoms with E-state index in [0.29, 0.717) is 17.9 Å². The fourth-order valence-corrected chi connectivity index (χ4v) is 3.27. The molecule has 1 aliphatic rings. The molecule has 0 saturated heterocycles. The van der Waals surface area contributed by atoms with Crippen molar-refractivity contribution < 1.29 is 9.18 Å². The molecule has 0 spiro atoms. The Labute approximate surface area is 151 Å². The number of nitrogens with one attached hydrogen (secondary N) is 1. The van der Waals surface area contributed by atoms with E-state index in [4.69, 9.17) is 5.73 Å². The van der Waals surface area contributed by atoms with E-state index in [-0.39, 0.29) is 5.91 Å². The average Bonchev–Trinajstić information content (AvgIpc) is 3.38. The molecule has 132 valence electrons. The van der Waals surface area contributed by atoms with Crippen molar-refractivity contribution in [3.63, 3.8) is 0 Å². The van der Waals surface area contributed by atoms with Crippen LogP contribution in [0.25, 0.3) is 21.9 Å². The molecule has 2 atom stereocenters. The lowest BCUT2D eigenvalue weighted by Gasteiger charge is -2.12. The third-order valence-electron chi connectivity index (χ3n) is 4.88. The van der Waals surface area contributed by atoms with E-state index in [0.717, 1.165) is 28.3 Å². The van der Waals surface area contributed by atoms with Crippen LogP contribution in [0.2, 0.25) is 0 Å². The molecule has 2 aromatic carbocycles. The van der Waals surface area contributed by atoms with Crippen LogP contribution in [0.4, 0.5) is 15.9 Å². The highest BCUT2D eigenvalue weighted by molar-refractivity contribution is 6.00. The number of hydrogen-bond donors (Lipinski definition) is 2. The number of halogens is 1. The average molecular weight is 349 g/mol. The molecule has 3 aromatic rings. The van der Waals surface area contributed by atoms with Crippen molar-refractivity contribution in [3.05, 3.63) is 54.2 Å². The van der Waals surface area contributed by atoms with Crippen molar-refractivity contribution in [2.45, 2.75) is 25.9 Å². The van der Waals surface area contributed by atoms with E-state index in [1.54, 1.807) is 12.3 Å². The maximum absolute atomic E-state index is 13.0. The highest BCUT2D eigenvalue weighted by Crippen LogP contribution is 2.35. The third kappa shape index (κ3) is 3.01. The lowest BCUT2D eigenvalue weighted by atomic mass is 9.95. The van der Waals surface area contributed by atoms with Crippen LogP contribution in [-0.2, 0) is 11.2 Å². The second kappa shape index (κ2) is 6.41. The van der Waals surface area contributed by atoms with Gasteiger partial charge in [-0.3, -0.25) is 4.79 Å². The second-order valence-electron chi connectivity index (χ2n) is 6.71. The Kier molecular flexibility index (Phi) is 4.07. The van der Waals surface area contributed by atoms with Crippen molar-refractivity contribution in [1.82, 2.24) is 4.98 Å². The molecule has 1 aromatic heterocycles. The summed E-state index contributed by atoms with van der Waals surface area (Å²) in [5.74, 6) is -0.438. The number of aryl methyl sites for hydroxylation is 1. The zero-order valence-corrected chi connectivity index (χ0v) is 14.5. The van der Waals surface area contributed by atoms with Crippen molar-refractivity contribution in [1.29, 1.82) is 0 Å². The van der Waals surface area contributed by atoms with Gasteiger partial charge in [0, 0.05) is 17.3 Å². The predicted octanol–water partition coefficient (Wildman–Crippen LogP) is 4.34. The molecule has 1 fully saturated rings. The first kappa shape index (κ1) is 16.5. The zero-order chi connectivity index (χ0) is 18.3. The summed E-state index contributed by atoms with van der Waals surface area (Å²) < 4.78 is 13.0. The van der Waals surface area contributed by atoms with Gasteiger partial charge in [0.05, 0.1) is 5.92 Å². The van der Waals surface area contributed by atoms with Crippen molar-refractivity contribution >= 4 is 28.2 Å². The molecule has 3 N–H and O–H groups in total. The molecule has 0 radical (unpaired) electrons. The van der Waals surface area contributed by atoms with E-state index in [1.165, 1.54) is 5.56 Å². The van der Waals surface area contributed by atoms with Gasteiger partial charge in [0.15, 0.2) is 0 Å². The van der Waals surface area contributed by atoms with E-state index in [9.17, 15) is 9.18 Å². The smallest absolute Gasteiger partial charge is 0.231 e. The summed E-state index contributed by atoms with van der Waals surface area (Å²) in [4.78, 5) is 16.2. The quantitative estimate of drug-likeness (QED) is 0.688. The van der Waals surface area contributed by atoms with Crippen molar-refractivity contribution in [2.75, 3.05) is 11.1 Å². The summed E-state index contributed by atoms with van der Waals surface area (Å²) >= 11 is 0. The number of anilines is 2. The summed E-state index contributed by atoms with van der Waals surface area (Å²) in [6.45, 7) is 2.12. The van der Waals surface area contributed by atoms with Crippen LogP contribution in [-0.4, -0.2) is 17.1 Å². The monoisotopic (exact) mass is 349 g/mol. The molecule has 1 heterocycles. The van der Waals surface area contributed by atoms with Gasteiger partial charge in [-0.25, -0.2) is 9.37 Å². The molecular formula is C21H20FN3O. The maximum atomic E-state index is 13.0. The van der Waals surface area contributed by atoms with Gasteiger partial charge >= 0.3 is 0 Å². The summed E-state index contributed by atoms with van der Waals surface area (Å²) in [7, 11) is 0. The number of fused-ring (bicyclic) bond motifs is 1. The molecule has 0 bridgehead atoms. The Morgan fingerprint density at radius 2 is 2.08 bits per heavy atom. The highest BCUT2D eigenvalue weighted by Gasteiger charge is 2.43. The normalized spacial score (nSPS) is 18.7. The molecule has 4 nitrogen and oxygen atoms in total. The van der Waals surface area contributed by atoms with Crippen LogP contribution >= 0.6 is 0 Å². The standard InChI is InChI=1S/C21H20FN3O/c1-2-12-5-3-4-6-15(12)13-7-14-9-20(24-11-17(14)19(23)8-13)25-21(26)16-10-18(16)22/h3-9,11,16,18H,2,10,23H2,1H3,(H,24,25,26)/t16-,18+/m1/s1. The van der Waals surface area contributed by atoms with Crippen LogP contribution in [0.15, 0.2) is 48.7 Å². The van der Waals surface area contributed by atoms with E-state index in [2.05, 4.69) is 29.4 Å². The number of carbonyl (C=O) groups is 1. The Hall–Kier alpha value is -2.95. The summed E-state index contributed by atoms with van der Waals surface area (Å²) in [6.07, 6.45) is 1.85. The fraction of sp³-hybridized carbons (Fsp3) is 0.238. The lowest BCUT2D eigenvalue weighted by molar-refractivity contribution is -0.117. The van der Waals surface area contributed by atoms with Gasteiger partial charge in [0.1, 0.15) is 12.0 Å². The third-order valence-corrected chi connectivity index (χ3v) is 4.88. The molecule has 26 heavy (non-hydrogen) atoms. The van der Waals surface area contributed by atoms with Crippen molar-refractivity contribution in [2.24, 2.45) is 5.92 Å². The van der Waals surface area contributed by atoms with Crippen LogP contribution in [0, 0.1) is 5.92 Å². The summed E-state index contributed by atoms with van der Waals surface area (Å²) in [6, 6.07) is 14.0. The Balaban J connectivity index is 1.73. The molecule has 4 rings (SSSR count). The number of nitrogens with zero attached hydrogens (tertiary/aromatic N) is 1. The van der Waals surface area contributed by atoms with E-state index < -0.39 is 12.1 Å². The Morgan fingerprint density at radius 3 is 2.81 bits per heavy atom. The number of alkyl halides is 1. The molecule has 1 saturated carbocycles. The molecule has 0 unspecified atom stereocenters. The minimum absolute atomic E-state index is 0.296. The SMILES string of the molecule is CCc1ccccc1-c1cc(N)c2cnc(NC(=O)[C@@H]3C[C@@H]3F)cc2c1. The molecule has 0 aliphatic heterocycles. The highest BCUT2D eigenvalue weighted by atomic mass is 19.1. The number of rotatable bonds is 4. The Bertz CT molecular complexity index is 1000. The largest absolute Gasteiger partial charge is 0.398 e. The second-order valence-corrected chi connectivity index (χ2v) is 6.71. The number of nitrogens with two attached hydrogens (primary N) is 1. The molecule has 5 heteroatoms.